The van der Waals surface area contributed by atoms with Crippen molar-refractivity contribution < 1.29 is 96.7 Å². The molecule has 0 unspecified atom stereocenters. The average Bonchev–Trinajstić information content (AvgIpc) is 1.61. The number of amides is 3. The molecule has 0 radical (unpaired) electrons. The van der Waals surface area contributed by atoms with E-state index in [4.69, 9.17) is 18.4 Å². The van der Waals surface area contributed by atoms with Gasteiger partial charge in [-0.1, -0.05) is 182 Å². The molecular weight excluding hydrogens is 1790 g/mol. The van der Waals surface area contributed by atoms with Crippen LogP contribution < -0.4 is 21.1 Å². The van der Waals surface area contributed by atoms with Gasteiger partial charge in [-0.3, -0.25) is 18.6 Å². The Kier molecular flexibility index (Phi) is 40.0. The standard InChI is InChI=1S/C24H32FN5O2.C23H31FN6O4S.C22H29N5O2.C9H11FO3S.2C7H8O3S/c1-17(2)23(29-15-22(27-28-29)19-8-6-18(3)7-9-19)24(31)26-14-20-10-11-21(32-20)16-30(4,5)13-12-25;1-16(2)22(23(31)26-13-18-7-8-19(34-18)15-30(3,4)12-11-24)29-14-21(27-28-29)17-5-9-20(10-6-17)35(25,32)33;1-15(2)21(22(28)23-12-18-10-11-19(29-18)13-26(4)5)27-14-20(24-25-27)17-8-6-16(3)7-9-17;1-8-2-4-9(5-3-8)14(11,12)13-7-6-10;2*1-6-2-4-7(5-3-6)11(8,9)10/h6-11,15,17,23H,12-14,16H2,1-5H3;5-10,14,16,22H,11-13,15H2,1-4H3,(H2-,25,26,31,32,33);6-11,14-15,21H,12-13H2,1-5H3,(H,23,28);2-5H,6-7H2,1H3;2*2-5H,1H3,(H,8,9,10)/t23-;22-;21-;;;/m000.../s1. The van der Waals surface area contributed by atoms with Gasteiger partial charge in [-0.05, 0) is 151 Å². The molecule has 132 heavy (non-hydrogen) atoms. The first kappa shape index (κ1) is 107. The molecule has 5 N–H and O–H groups in total. The number of hydrogen-bond donors (Lipinski definition) is 4. The number of hydrogen-bond acceptors (Lipinski definition) is 24. The van der Waals surface area contributed by atoms with Gasteiger partial charge in [0.1, 0.15) is 125 Å². The fraction of sp³-hybridized carbons (Fsp3) is 0.380. The van der Waals surface area contributed by atoms with E-state index in [1.807, 2.05) is 215 Å². The van der Waals surface area contributed by atoms with Gasteiger partial charge in [-0.2, -0.15) is 8.42 Å². The van der Waals surface area contributed by atoms with Gasteiger partial charge < -0.3 is 52.2 Å². The fourth-order valence-corrected chi connectivity index (χ4v) is 15.2. The van der Waals surface area contributed by atoms with E-state index in [9.17, 15) is 70.3 Å². The van der Waals surface area contributed by atoms with Crippen molar-refractivity contribution in [3.63, 3.8) is 0 Å². The average molecular weight is 1910 g/mol. The van der Waals surface area contributed by atoms with Crippen LogP contribution in [0.25, 0.3) is 33.8 Å². The first-order valence-corrected chi connectivity index (χ1v) is 47.8. The van der Waals surface area contributed by atoms with Crippen LogP contribution in [-0.4, -0.2) is 201 Å². The first-order valence-electron chi connectivity index (χ1n) is 42.0. The van der Waals surface area contributed by atoms with Crippen molar-refractivity contribution in [1.82, 2.24) is 65.8 Å². The Hall–Kier alpha value is -11.7. The number of quaternary nitrogens is 2. The summed E-state index contributed by atoms with van der Waals surface area (Å²) in [6.45, 7) is 22.8. The topological polar surface area (TPSA) is 440 Å². The molecule has 0 aliphatic carbocycles. The van der Waals surface area contributed by atoms with Gasteiger partial charge >= 0.3 is 0 Å². The first-order chi connectivity index (χ1) is 62.0. The molecule has 0 saturated heterocycles. The zero-order valence-corrected chi connectivity index (χ0v) is 80.4. The van der Waals surface area contributed by atoms with Gasteiger partial charge in [0.2, 0.25) is 27.7 Å². The molecule has 0 spiro atoms. The predicted octanol–water partition coefficient (Wildman–Crippen LogP) is 13.0. The highest BCUT2D eigenvalue weighted by molar-refractivity contribution is 7.89. The Morgan fingerprint density at radius 3 is 0.947 bits per heavy atom. The van der Waals surface area contributed by atoms with Crippen LogP contribution in [0.1, 0.15) is 122 Å². The van der Waals surface area contributed by atoms with Gasteiger partial charge in [0.15, 0.2) is 11.5 Å². The summed E-state index contributed by atoms with van der Waals surface area (Å²) in [5.41, 5.74) is 9.73. The summed E-state index contributed by atoms with van der Waals surface area (Å²) in [5, 5.41) is 39.2. The zero-order valence-electron chi connectivity index (χ0n) is 77.2. The maximum absolute atomic E-state index is 13.0. The molecule has 6 aromatic heterocycles. The number of alkyl halides is 3. The summed E-state index contributed by atoms with van der Waals surface area (Å²) in [4.78, 5) is 40.6. The van der Waals surface area contributed by atoms with Crippen molar-refractivity contribution in [1.29, 1.82) is 0 Å². The smallest absolute Gasteiger partial charge is 0.297 e. The van der Waals surface area contributed by atoms with Crippen molar-refractivity contribution in [2.75, 3.05) is 82.0 Å². The molecular formula is C92H119F3N16O17S4. The highest BCUT2D eigenvalue weighted by Crippen LogP contribution is 2.28. The molecule has 40 heteroatoms. The third kappa shape index (κ3) is 34.8. The minimum Gasteiger partial charge on any atom is -0.744 e. The lowest BCUT2D eigenvalue weighted by atomic mass is 10.0. The number of halogens is 3. The summed E-state index contributed by atoms with van der Waals surface area (Å²) >= 11 is 0. The van der Waals surface area contributed by atoms with Crippen LogP contribution in [0.2, 0.25) is 0 Å². The molecule has 0 aliphatic heterocycles. The highest BCUT2D eigenvalue weighted by Gasteiger charge is 2.31. The summed E-state index contributed by atoms with van der Waals surface area (Å²) in [7, 11) is -4.36. The number of nitrogens with two attached hydrogens (primary N) is 1. The van der Waals surface area contributed by atoms with E-state index < -0.39 is 78.5 Å². The van der Waals surface area contributed by atoms with E-state index in [1.165, 1.54) is 64.3 Å². The zero-order chi connectivity index (χ0) is 97.6. The molecule has 3 amide bonds. The van der Waals surface area contributed by atoms with Crippen LogP contribution in [0, 0.1) is 52.4 Å². The Morgan fingerprint density at radius 1 is 0.409 bits per heavy atom. The Morgan fingerprint density at radius 2 is 0.674 bits per heavy atom. The maximum atomic E-state index is 13.0. The third-order valence-electron chi connectivity index (χ3n) is 20.0. The molecule has 33 nitrogen and oxygen atoms in total. The van der Waals surface area contributed by atoms with E-state index in [0.29, 0.717) is 64.5 Å². The molecule has 3 atom stereocenters. The Labute approximate surface area is 770 Å². The second-order valence-corrected chi connectivity index (χ2v) is 39.9. The van der Waals surface area contributed by atoms with Crippen LogP contribution >= 0.6 is 0 Å². The van der Waals surface area contributed by atoms with E-state index in [-0.39, 0.29) is 74.8 Å². The van der Waals surface area contributed by atoms with E-state index in [0.717, 1.165) is 68.8 Å². The molecule has 0 bridgehead atoms. The molecule has 0 fully saturated rings. The minimum absolute atomic E-state index is 0.000850. The van der Waals surface area contributed by atoms with E-state index >= 15 is 0 Å². The van der Waals surface area contributed by atoms with Crippen LogP contribution in [0.3, 0.4) is 0 Å². The largest absolute Gasteiger partial charge is 0.744 e. The number of nitrogens with one attached hydrogen (secondary N) is 3. The number of carbonyl (C=O) groups excluding carboxylic acids is 3. The molecule has 6 aromatic carbocycles. The number of sulfonamides is 1. The quantitative estimate of drug-likeness (QED) is 0.0163. The summed E-state index contributed by atoms with van der Waals surface area (Å²) in [6.07, 6.45) is 5.29. The van der Waals surface area contributed by atoms with Crippen molar-refractivity contribution in [2.24, 2.45) is 22.9 Å². The monoisotopic (exact) mass is 1900 g/mol. The van der Waals surface area contributed by atoms with Gasteiger partial charge in [-0.15, -0.1) is 15.3 Å². The summed E-state index contributed by atoms with van der Waals surface area (Å²) in [5.74, 6) is 3.87. The minimum atomic E-state index is -4.27. The van der Waals surface area contributed by atoms with E-state index in [1.54, 1.807) is 70.2 Å². The lowest BCUT2D eigenvalue weighted by Crippen LogP contribution is -2.40. The predicted molar refractivity (Wildman–Crippen MR) is 490 cm³/mol. The van der Waals surface area contributed by atoms with Crippen LogP contribution in [0.4, 0.5) is 13.2 Å². The number of rotatable bonds is 35. The number of primary sulfonamides is 1. The third-order valence-corrected chi connectivity index (χ3v) is 23.9. The second-order valence-electron chi connectivity index (χ2n) is 33.9. The number of aromatic nitrogens is 9. The van der Waals surface area contributed by atoms with Crippen molar-refractivity contribution in [2.45, 2.75) is 153 Å². The lowest BCUT2D eigenvalue weighted by molar-refractivity contribution is -0.904. The van der Waals surface area contributed by atoms with Gasteiger partial charge in [-0.25, -0.2) is 57.6 Å². The second kappa shape index (κ2) is 49.2. The molecule has 12 aromatic rings. The number of aryl methyl sites for hydroxylation is 5. The molecule has 714 valence electrons. The Balaban J connectivity index is 0.000000228. The van der Waals surface area contributed by atoms with Crippen molar-refractivity contribution in [3.8, 4) is 33.8 Å². The molecule has 0 saturated carbocycles. The lowest BCUT2D eigenvalue weighted by Gasteiger charge is -2.27. The number of carbonyl (C=O) groups is 3. The normalized spacial score (nSPS) is 12.5. The van der Waals surface area contributed by atoms with Gasteiger partial charge in [0.25, 0.3) is 10.1 Å². The number of benzene rings is 6. The van der Waals surface area contributed by atoms with Gasteiger partial charge in [0, 0.05) is 16.7 Å². The fourth-order valence-electron chi connectivity index (χ4n) is 12.8. The number of nitrogens with zero attached hydrogens (tertiary/aromatic N) is 12. The molecule has 12 rings (SSSR count). The van der Waals surface area contributed by atoms with Crippen LogP contribution in [0.15, 0.2) is 233 Å². The summed E-state index contributed by atoms with van der Waals surface area (Å²) in [6, 6.07) is 49.5. The molecule has 0 aliphatic rings. The van der Waals surface area contributed by atoms with Gasteiger partial charge in [0.05, 0.1) is 99.1 Å². The maximum Gasteiger partial charge on any atom is 0.297 e. The number of furan rings is 3. The van der Waals surface area contributed by atoms with Crippen LogP contribution in [0.5, 0.6) is 0 Å². The van der Waals surface area contributed by atoms with Crippen molar-refractivity contribution >= 4 is 58.1 Å². The van der Waals surface area contributed by atoms with Crippen molar-refractivity contribution in [3.05, 3.63) is 263 Å². The SMILES string of the molecule is CC(C)[C@@H](C(=O)NCc1ccc(C[N+](C)(C)CCF)o1)n1cc(-c2ccc(S(N)(=O)=O)cc2)nn1.Cc1ccc(-c2cn([C@H](C(=O)NCc3ccc(CN(C)C)o3)C(C)C)nn2)cc1.Cc1ccc(-c2cn([C@H](C(=O)NCc3ccc(C[N+](C)(C)CCF)o3)C(C)C)nn2)cc1.Cc1ccc(S(=O)(=O)OCCF)cc1.Cc1ccc(S(=O)(=O)[O-])cc1.Cc1ccc(S(=O)(=O)[O-])cc1. The Bertz CT molecular complexity index is 6050. The highest BCUT2D eigenvalue weighted by atomic mass is 32.2. The molecule has 6 heterocycles. The van der Waals surface area contributed by atoms with Crippen LogP contribution in [-0.2, 0) is 98.2 Å². The van der Waals surface area contributed by atoms with E-state index in [2.05, 4.69) is 51.1 Å². The summed E-state index contributed by atoms with van der Waals surface area (Å²) < 4.78 is 173.